The smallest absolute Gasteiger partial charge is 0.176 e. The Labute approximate surface area is 95.1 Å². The molecule has 1 aliphatic rings. The Morgan fingerprint density at radius 2 is 2.25 bits per heavy atom. The Bertz CT molecular complexity index is 387. The van der Waals surface area contributed by atoms with Crippen molar-refractivity contribution in [3.05, 3.63) is 35.6 Å². The van der Waals surface area contributed by atoms with Crippen molar-refractivity contribution < 1.29 is 9.18 Å². The van der Waals surface area contributed by atoms with Gasteiger partial charge in [0.2, 0.25) is 0 Å². The minimum atomic E-state index is -0.351. The molecule has 0 unspecified atom stereocenters. The molecule has 1 aliphatic carbocycles. The molecule has 1 aromatic carbocycles. The van der Waals surface area contributed by atoms with Gasteiger partial charge in [0.15, 0.2) is 5.78 Å². The van der Waals surface area contributed by atoms with E-state index in [1.54, 1.807) is 12.1 Å². The van der Waals surface area contributed by atoms with E-state index in [0.717, 1.165) is 12.5 Å². The lowest BCUT2D eigenvalue weighted by Gasteiger charge is -2.14. The fraction of sp³-hybridized carbons (Fsp3) is 0.462. The lowest BCUT2D eigenvalue weighted by Crippen LogP contribution is -2.27. The van der Waals surface area contributed by atoms with Crippen LogP contribution in [0.5, 0.6) is 0 Å². The van der Waals surface area contributed by atoms with Gasteiger partial charge in [-0.2, -0.15) is 0 Å². The molecule has 1 fully saturated rings. The standard InChI is InChI=1S/C13H16FNO/c1-15(8-10-5-6-10)9-13(16)11-3-2-4-12(14)7-11/h2-4,7,10H,5-6,8-9H2,1H3. The summed E-state index contributed by atoms with van der Waals surface area (Å²) in [4.78, 5) is 13.8. The van der Waals surface area contributed by atoms with Gasteiger partial charge < -0.3 is 0 Å². The second-order valence-corrected chi connectivity index (χ2v) is 4.57. The van der Waals surface area contributed by atoms with Crippen LogP contribution in [0, 0.1) is 11.7 Å². The van der Waals surface area contributed by atoms with Gasteiger partial charge in [0.25, 0.3) is 0 Å². The van der Waals surface area contributed by atoms with E-state index in [2.05, 4.69) is 0 Å². The molecule has 2 nitrogen and oxygen atoms in total. The Balaban J connectivity index is 1.91. The molecule has 0 atom stereocenters. The van der Waals surface area contributed by atoms with Crippen LogP contribution in [0.15, 0.2) is 24.3 Å². The molecule has 0 bridgehead atoms. The van der Waals surface area contributed by atoms with Gasteiger partial charge >= 0.3 is 0 Å². The molecule has 2 rings (SSSR count). The minimum Gasteiger partial charge on any atom is -0.299 e. The van der Waals surface area contributed by atoms with Gasteiger partial charge in [-0.05, 0) is 37.9 Å². The van der Waals surface area contributed by atoms with E-state index in [1.165, 1.54) is 25.0 Å². The van der Waals surface area contributed by atoms with Crippen LogP contribution in [0.1, 0.15) is 23.2 Å². The number of carbonyl (C=O) groups is 1. The zero-order valence-corrected chi connectivity index (χ0v) is 9.45. The monoisotopic (exact) mass is 221 g/mol. The highest BCUT2D eigenvalue weighted by Gasteiger charge is 2.23. The van der Waals surface area contributed by atoms with E-state index in [4.69, 9.17) is 0 Å². The maximum Gasteiger partial charge on any atom is 0.176 e. The van der Waals surface area contributed by atoms with E-state index in [-0.39, 0.29) is 11.6 Å². The first-order chi connectivity index (χ1) is 7.65. The Morgan fingerprint density at radius 1 is 1.50 bits per heavy atom. The summed E-state index contributed by atoms with van der Waals surface area (Å²) in [5.74, 6) is 0.406. The predicted molar refractivity (Wildman–Crippen MR) is 61.0 cm³/mol. The Hall–Kier alpha value is -1.22. The fourth-order valence-corrected chi connectivity index (χ4v) is 1.80. The summed E-state index contributed by atoms with van der Waals surface area (Å²) < 4.78 is 12.9. The largest absolute Gasteiger partial charge is 0.299 e. The third-order valence-electron chi connectivity index (χ3n) is 2.83. The van der Waals surface area contributed by atoms with Crippen LogP contribution < -0.4 is 0 Å². The van der Waals surface area contributed by atoms with E-state index in [0.29, 0.717) is 12.1 Å². The number of benzene rings is 1. The zero-order valence-electron chi connectivity index (χ0n) is 9.45. The number of likely N-dealkylation sites (N-methyl/N-ethyl adjacent to an activating group) is 1. The number of hydrogen-bond donors (Lipinski definition) is 0. The Kier molecular flexibility index (Phi) is 3.34. The number of rotatable bonds is 5. The molecular formula is C13H16FNO. The molecule has 0 spiro atoms. The van der Waals surface area contributed by atoms with Crippen LogP contribution in [0.3, 0.4) is 0 Å². The molecular weight excluding hydrogens is 205 g/mol. The first-order valence-electron chi connectivity index (χ1n) is 5.62. The highest BCUT2D eigenvalue weighted by Crippen LogP contribution is 2.29. The summed E-state index contributed by atoms with van der Waals surface area (Å²) in [6.07, 6.45) is 2.55. The average molecular weight is 221 g/mol. The van der Waals surface area contributed by atoms with Crippen LogP contribution in [0.25, 0.3) is 0 Å². The van der Waals surface area contributed by atoms with Crippen LogP contribution in [0.2, 0.25) is 0 Å². The number of Topliss-reactive ketones (excluding diaryl/α,β-unsaturated/α-hetero) is 1. The van der Waals surface area contributed by atoms with Gasteiger partial charge in [-0.15, -0.1) is 0 Å². The highest BCUT2D eigenvalue weighted by molar-refractivity contribution is 5.97. The number of hydrogen-bond acceptors (Lipinski definition) is 2. The molecule has 86 valence electrons. The zero-order chi connectivity index (χ0) is 11.5. The van der Waals surface area contributed by atoms with Gasteiger partial charge in [0, 0.05) is 12.1 Å². The summed E-state index contributed by atoms with van der Waals surface area (Å²) >= 11 is 0. The predicted octanol–water partition coefficient (Wildman–Crippen LogP) is 2.35. The molecule has 0 aliphatic heterocycles. The maximum atomic E-state index is 12.9. The van der Waals surface area contributed by atoms with E-state index in [1.807, 2.05) is 11.9 Å². The first-order valence-corrected chi connectivity index (χ1v) is 5.62. The van der Waals surface area contributed by atoms with Crippen molar-refractivity contribution in [1.82, 2.24) is 4.90 Å². The van der Waals surface area contributed by atoms with Crippen LogP contribution in [-0.2, 0) is 0 Å². The Morgan fingerprint density at radius 3 is 2.88 bits per heavy atom. The number of carbonyl (C=O) groups excluding carboxylic acids is 1. The normalized spacial score (nSPS) is 15.4. The van der Waals surface area contributed by atoms with Crippen molar-refractivity contribution in [3.8, 4) is 0 Å². The maximum absolute atomic E-state index is 12.9. The molecule has 0 radical (unpaired) electrons. The van der Waals surface area contributed by atoms with Gasteiger partial charge in [-0.1, -0.05) is 12.1 Å². The van der Waals surface area contributed by atoms with Gasteiger partial charge in [-0.25, -0.2) is 4.39 Å². The molecule has 16 heavy (non-hydrogen) atoms. The summed E-state index contributed by atoms with van der Waals surface area (Å²) in [6.45, 7) is 1.35. The molecule has 1 saturated carbocycles. The molecule has 3 heteroatoms. The molecule has 0 amide bonds. The summed E-state index contributed by atoms with van der Waals surface area (Å²) in [5, 5.41) is 0. The molecule has 0 aromatic heterocycles. The number of nitrogens with zero attached hydrogens (tertiary/aromatic N) is 1. The van der Waals surface area contributed by atoms with Crippen molar-refractivity contribution in [3.63, 3.8) is 0 Å². The van der Waals surface area contributed by atoms with Gasteiger partial charge in [0.05, 0.1) is 6.54 Å². The quantitative estimate of drug-likeness (QED) is 0.711. The van der Waals surface area contributed by atoms with Gasteiger partial charge in [-0.3, -0.25) is 9.69 Å². The number of halogens is 1. The van der Waals surface area contributed by atoms with Crippen molar-refractivity contribution in [1.29, 1.82) is 0 Å². The molecule has 1 aromatic rings. The van der Waals surface area contributed by atoms with Gasteiger partial charge in [0.1, 0.15) is 5.82 Å². The molecule has 0 saturated heterocycles. The second kappa shape index (κ2) is 4.74. The third kappa shape index (κ3) is 3.14. The topological polar surface area (TPSA) is 20.3 Å². The SMILES string of the molecule is CN(CC(=O)c1cccc(F)c1)CC1CC1. The van der Waals surface area contributed by atoms with Crippen molar-refractivity contribution in [2.24, 2.45) is 5.92 Å². The van der Waals surface area contributed by atoms with Crippen molar-refractivity contribution in [2.45, 2.75) is 12.8 Å². The van der Waals surface area contributed by atoms with E-state index in [9.17, 15) is 9.18 Å². The fourth-order valence-electron chi connectivity index (χ4n) is 1.80. The van der Waals surface area contributed by atoms with Crippen LogP contribution in [-0.4, -0.2) is 30.8 Å². The van der Waals surface area contributed by atoms with Crippen LogP contribution in [0.4, 0.5) is 4.39 Å². The molecule has 0 heterocycles. The lowest BCUT2D eigenvalue weighted by atomic mass is 10.1. The lowest BCUT2D eigenvalue weighted by molar-refractivity contribution is 0.0943. The van der Waals surface area contributed by atoms with Crippen LogP contribution >= 0.6 is 0 Å². The molecule has 0 N–H and O–H groups in total. The van der Waals surface area contributed by atoms with E-state index < -0.39 is 0 Å². The first kappa shape index (κ1) is 11.3. The highest BCUT2D eigenvalue weighted by atomic mass is 19.1. The average Bonchev–Trinajstić information content (AvgIpc) is 3.01. The summed E-state index contributed by atoms with van der Waals surface area (Å²) in [5.41, 5.74) is 0.461. The second-order valence-electron chi connectivity index (χ2n) is 4.57. The summed E-state index contributed by atoms with van der Waals surface area (Å²) in [6, 6.07) is 5.89. The third-order valence-corrected chi connectivity index (χ3v) is 2.83. The van der Waals surface area contributed by atoms with Crippen molar-refractivity contribution in [2.75, 3.05) is 20.1 Å². The minimum absolute atomic E-state index is 0.0114. The van der Waals surface area contributed by atoms with Crippen molar-refractivity contribution >= 4 is 5.78 Å². The number of ketones is 1. The van der Waals surface area contributed by atoms with E-state index >= 15 is 0 Å². The summed E-state index contributed by atoms with van der Waals surface area (Å²) in [7, 11) is 1.94.